The summed E-state index contributed by atoms with van der Waals surface area (Å²) in [6.07, 6.45) is 0. The monoisotopic (exact) mass is 336 g/mol. The predicted molar refractivity (Wildman–Crippen MR) is 93.8 cm³/mol. The Morgan fingerprint density at radius 2 is 0.864 bits per heavy atom. The maximum atomic E-state index is 8.63. The van der Waals surface area contributed by atoms with E-state index in [1.807, 2.05) is 18.2 Å². The van der Waals surface area contributed by atoms with Gasteiger partial charge in [0, 0.05) is 9.79 Å². The van der Waals surface area contributed by atoms with Gasteiger partial charge in [0.1, 0.15) is 5.75 Å². The number of hydrogen-bond donors (Lipinski definition) is 1. The van der Waals surface area contributed by atoms with Crippen LogP contribution in [0.2, 0.25) is 0 Å². The maximum Gasteiger partial charge on any atom is 1.00 e. The molecular formula is C18H17NaOS2. The molecule has 0 aliphatic heterocycles. The Hall–Kier alpha value is -0.840. The smallest absolute Gasteiger partial charge is 1.00 e. The zero-order valence-electron chi connectivity index (χ0n) is 13.4. The number of rotatable bonds is 3. The topological polar surface area (TPSA) is 20.2 Å². The minimum Gasteiger partial charge on any atom is -1.00 e. The Balaban J connectivity index is 0.000000463. The van der Waals surface area contributed by atoms with E-state index in [0.29, 0.717) is 5.75 Å². The second-order valence-corrected chi connectivity index (χ2v) is 6.40. The Labute approximate surface area is 163 Å². The number of phenolic OH excluding ortho intramolecular Hbond substituents is 1. The molecule has 1 N–H and O–H groups in total. The Bertz CT molecular complexity index is 585. The molecule has 0 spiro atoms. The van der Waals surface area contributed by atoms with Gasteiger partial charge < -0.3 is 6.53 Å². The summed E-state index contributed by atoms with van der Waals surface area (Å²) in [5.41, 5.74) is 0. The van der Waals surface area contributed by atoms with Crippen LogP contribution in [0.4, 0.5) is 0 Å². The van der Waals surface area contributed by atoms with Crippen molar-refractivity contribution in [3.63, 3.8) is 0 Å². The molecule has 0 aromatic heterocycles. The van der Waals surface area contributed by atoms with Crippen molar-refractivity contribution in [3.8, 4) is 5.75 Å². The molecule has 3 aromatic rings. The van der Waals surface area contributed by atoms with Gasteiger partial charge >= 0.3 is 29.6 Å². The first-order chi connectivity index (χ1) is 10.3. The molecule has 0 unspecified atom stereocenters. The van der Waals surface area contributed by atoms with Gasteiger partial charge in [0.15, 0.2) is 0 Å². The van der Waals surface area contributed by atoms with Gasteiger partial charge in [-0.25, -0.2) is 0 Å². The van der Waals surface area contributed by atoms with Crippen molar-refractivity contribution in [1.82, 2.24) is 0 Å². The summed E-state index contributed by atoms with van der Waals surface area (Å²) in [5, 5.41) is 8.63. The van der Waals surface area contributed by atoms with E-state index < -0.39 is 0 Å². The van der Waals surface area contributed by atoms with E-state index in [4.69, 9.17) is 5.11 Å². The minimum absolute atomic E-state index is 0. The van der Waals surface area contributed by atoms with Crippen LogP contribution in [0.5, 0.6) is 5.75 Å². The zero-order valence-corrected chi connectivity index (χ0v) is 16.1. The Morgan fingerprint density at radius 3 is 1.14 bits per heavy atom. The predicted octanol–water partition coefficient (Wildman–Crippen LogP) is 2.99. The number of para-hydroxylation sites is 1. The van der Waals surface area contributed by atoms with E-state index >= 15 is 0 Å². The van der Waals surface area contributed by atoms with E-state index in [0.717, 1.165) is 0 Å². The first kappa shape index (κ1) is 19.2. The molecule has 0 saturated heterocycles. The van der Waals surface area contributed by atoms with Crippen LogP contribution >= 0.6 is 21.6 Å². The summed E-state index contributed by atoms with van der Waals surface area (Å²) >= 11 is 0. The summed E-state index contributed by atoms with van der Waals surface area (Å²) in [6.45, 7) is 0. The Morgan fingerprint density at radius 1 is 0.545 bits per heavy atom. The van der Waals surface area contributed by atoms with Crippen molar-refractivity contribution in [1.29, 1.82) is 0 Å². The molecule has 0 bridgehead atoms. The molecule has 0 aliphatic carbocycles. The molecule has 3 rings (SSSR count). The number of phenols is 1. The molecule has 0 atom stereocenters. The summed E-state index contributed by atoms with van der Waals surface area (Å²) in [7, 11) is 3.58. The molecule has 1 nitrogen and oxygen atoms in total. The first-order valence-corrected chi connectivity index (χ1v) is 8.68. The average molecular weight is 336 g/mol. The van der Waals surface area contributed by atoms with Crippen molar-refractivity contribution in [2.75, 3.05) is 0 Å². The molecule has 0 radical (unpaired) electrons. The first-order valence-electron chi connectivity index (χ1n) is 6.53. The van der Waals surface area contributed by atoms with E-state index in [1.165, 1.54) is 9.79 Å². The van der Waals surface area contributed by atoms with Crippen LogP contribution in [-0.2, 0) is 0 Å². The summed E-state index contributed by atoms with van der Waals surface area (Å²) in [5.74, 6) is 0.322. The number of benzene rings is 3. The third-order valence-corrected chi connectivity index (χ3v) is 4.89. The molecule has 0 amide bonds. The van der Waals surface area contributed by atoms with Crippen molar-refractivity contribution in [3.05, 3.63) is 91.0 Å². The van der Waals surface area contributed by atoms with E-state index in [2.05, 4.69) is 48.5 Å². The molecule has 4 heteroatoms. The van der Waals surface area contributed by atoms with Gasteiger partial charge in [0.25, 0.3) is 0 Å². The van der Waals surface area contributed by atoms with E-state index in [1.54, 1.807) is 45.9 Å². The van der Waals surface area contributed by atoms with Gasteiger partial charge in [-0.05, 0) is 36.4 Å². The second kappa shape index (κ2) is 11.7. The van der Waals surface area contributed by atoms with Crippen LogP contribution in [0, 0.1) is 0 Å². The van der Waals surface area contributed by atoms with E-state index in [9.17, 15) is 0 Å². The van der Waals surface area contributed by atoms with Gasteiger partial charge in [0.05, 0.1) is 0 Å². The zero-order chi connectivity index (χ0) is 14.8. The molecule has 22 heavy (non-hydrogen) atoms. The van der Waals surface area contributed by atoms with Gasteiger partial charge in [0.2, 0.25) is 0 Å². The van der Waals surface area contributed by atoms with Crippen molar-refractivity contribution in [2.24, 2.45) is 0 Å². The van der Waals surface area contributed by atoms with Gasteiger partial charge in [-0.2, -0.15) is 0 Å². The van der Waals surface area contributed by atoms with Crippen molar-refractivity contribution in [2.45, 2.75) is 9.79 Å². The summed E-state index contributed by atoms with van der Waals surface area (Å²) < 4.78 is 0. The van der Waals surface area contributed by atoms with Crippen molar-refractivity contribution >= 4 is 21.6 Å². The van der Waals surface area contributed by atoms with E-state index in [-0.39, 0.29) is 31.0 Å². The van der Waals surface area contributed by atoms with Gasteiger partial charge in [-0.1, -0.05) is 76.2 Å². The average Bonchev–Trinajstić information content (AvgIpc) is 2.56. The van der Waals surface area contributed by atoms with Crippen LogP contribution < -0.4 is 29.6 Å². The fourth-order valence-corrected chi connectivity index (χ4v) is 3.45. The van der Waals surface area contributed by atoms with Crippen LogP contribution in [-0.4, -0.2) is 5.11 Å². The van der Waals surface area contributed by atoms with Crippen LogP contribution in [0.1, 0.15) is 1.43 Å². The minimum atomic E-state index is 0. The van der Waals surface area contributed by atoms with Gasteiger partial charge in [-0.3, -0.25) is 0 Å². The van der Waals surface area contributed by atoms with Crippen LogP contribution in [0.3, 0.4) is 0 Å². The quantitative estimate of drug-likeness (QED) is 0.586. The van der Waals surface area contributed by atoms with Crippen LogP contribution in [0.15, 0.2) is 101 Å². The maximum absolute atomic E-state index is 8.63. The number of hydrogen-bond acceptors (Lipinski definition) is 3. The summed E-state index contributed by atoms with van der Waals surface area (Å²) in [4.78, 5) is 2.59. The number of aromatic hydroxyl groups is 1. The largest absolute Gasteiger partial charge is 1.00 e. The third-order valence-electron chi connectivity index (χ3n) is 2.48. The Kier molecular flexibility index (Phi) is 10.2. The standard InChI is InChI=1S/C12H10S2.C6H6O.Na.H/c1-3-7-11(8-4-1)13-14-12-9-5-2-6-10-12;7-6-4-2-1-3-5-6;;/h1-10H;1-5,7H;;/q;;+1;-1. The molecule has 108 valence electrons. The fraction of sp³-hybridized carbons (Fsp3) is 0. The molecule has 0 saturated carbocycles. The third kappa shape index (κ3) is 7.97. The second-order valence-electron chi connectivity index (χ2n) is 4.13. The van der Waals surface area contributed by atoms with Crippen molar-refractivity contribution < 1.29 is 36.1 Å². The molecular weight excluding hydrogens is 319 g/mol. The van der Waals surface area contributed by atoms with Crippen LogP contribution in [0.25, 0.3) is 0 Å². The normalized spacial score (nSPS) is 9.09. The fourth-order valence-electron chi connectivity index (χ4n) is 1.48. The SMILES string of the molecule is Oc1ccccc1.[H-].[Na+].c1ccc(SSc2ccccc2)cc1. The molecule has 0 fully saturated rings. The molecule has 0 aliphatic rings. The molecule has 3 aromatic carbocycles. The van der Waals surface area contributed by atoms with Gasteiger partial charge in [-0.15, -0.1) is 0 Å². The summed E-state index contributed by atoms with van der Waals surface area (Å²) in [6, 6.07) is 29.5. The molecule has 0 heterocycles.